The summed E-state index contributed by atoms with van der Waals surface area (Å²) in [5.74, 6) is 0. The van der Waals surface area contributed by atoms with Crippen LogP contribution < -0.4 is 0 Å². The lowest BCUT2D eigenvalue weighted by molar-refractivity contribution is 0.125. The van der Waals surface area contributed by atoms with Crippen LogP contribution >= 0.6 is 0 Å². The highest BCUT2D eigenvalue weighted by molar-refractivity contribution is 4.84. The fourth-order valence-electron chi connectivity index (χ4n) is 0.664. The monoisotopic (exact) mass is 175 g/mol. The van der Waals surface area contributed by atoms with Crippen LogP contribution in [0, 0.1) is 14.7 Å². The molecule has 12 heavy (non-hydrogen) atoms. The Balaban J connectivity index is 4.17. The molecule has 0 aliphatic heterocycles. The van der Waals surface area contributed by atoms with Gasteiger partial charge in [0.25, 0.3) is 0 Å². The van der Waals surface area contributed by atoms with E-state index in [1.807, 2.05) is 0 Å². The standard InChI is InChI=1S/C5H9N3O4/c1-3(7-11)5(9)4(8-12)2-6-10/h3-5,9H,2H2,1H3. The van der Waals surface area contributed by atoms with E-state index in [0.29, 0.717) is 0 Å². The highest BCUT2D eigenvalue weighted by Crippen LogP contribution is 2.07. The van der Waals surface area contributed by atoms with Gasteiger partial charge in [-0.3, -0.25) is 0 Å². The number of aliphatic hydroxyl groups is 1. The Morgan fingerprint density at radius 1 is 1.25 bits per heavy atom. The summed E-state index contributed by atoms with van der Waals surface area (Å²) < 4.78 is 0. The van der Waals surface area contributed by atoms with Crippen molar-refractivity contribution in [3.05, 3.63) is 14.7 Å². The molecule has 0 amide bonds. The van der Waals surface area contributed by atoms with Gasteiger partial charge in [-0.05, 0) is 6.92 Å². The van der Waals surface area contributed by atoms with Crippen molar-refractivity contribution in [3.8, 4) is 0 Å². The van der Waals surface area contributed by atoms with Crippen molar-refractivity contribution in [3.63, 3.8) is 0 Å². The van der Waals surface area contributed by atoms with Crippen molar-refractivity contribution in [1.29, 1.82) is 0 Å². The highest BCUT2D eigenvalue weighted by Gasteiger charge is 2.26. The molecule has 68 valence electrons. The number of hydrogen-bond acceptors (Lipinski definition) is 7. The molecule has 0 rings (SSSR count). The predicted molar refractivity (Wildman–Crippen MR) is 41.5 cm³/mol. The van der Waals surface area contributed by atoms with E-state index in [4.69, 9.17) is 5.11 Å². The van der Waals surface area contributed by atoms with Crippen molar-refractivity contribution in [1.82, 2.24) is 0 Å². The number of rotatable bonds is 6. The van der Waals surface area contributed by atoms with E-state index in [1.54, 1.807) is 0 Å². The number of hydrogen-bond donors (Lipinski definition) is 1. The third-order valence-corrected chi connectivity index (χ3v) is 1.45. The molecule has 0 aromatic carbocycles. The van der Waals surface area contributed by atoms with Gasteiger partial charge in [-0.15, -0.1) is 0 Å². The van der Waals surface area contributed by atoms with E-state index >= 15 is 0 Å². The maximum Gasteiger partial charge on any atom is 0.143 e. The molecule has 0 aromatic heterocycles. The molecule has 0 radical (unpaired) electrons. The van der Waals surface area contributed by atoms with Crippen LogP contribution in [0.2, 0.25) is 0 Å². The Kier molecular flexibility index (Phi) is 4.86. The van der Waals surface area contributed by atoms with Gasteiger partial charge in [-0.2, -0.15) is 14.7 Å². The number of aliphatic hydroxyl groups excluding tert-OH is 1. The van der Waals surface area contributed by atoms with Gasteiger partial charge in [0.1, 0.15) is 24.7 Å². The predicted octanol–water partition coefficient (Wildman–Crippen LogP) is 0.404. The van der Waals surface area contributed by atoms with Crippen LogP contribution in [0.25, 0.3) is 0 Å². The molecule has 0 aromatic rings. The van der Waals surface area contributed by atoms with Gasteiger partial charge < -0.3 is 5.11 Å². The SMILES string of the molecule is CC(N=O)C(O)C(CN=O)N=O. The molecule has 7 nitrogen and oxygen atoms in total. The number of nitroso groups, excluding NO2 is 3. The van der Waals surface area contributed by atoms with E-state index < -0.39 is 24.7 Å². The molecule has 3 atom stereocenters. The lowest BCUT2D eigenvalue weighted by Crippen LogP contribution is -2.34. The first kappa shape index (κ1) is 10.8. The Labute approximate surface area is 68.1 Å². The molecule has 0 aliphatic rings. The summed E-state index contributed by atoms with van der Waals surface area (Å²) in [5.41, 5.74) is 0. The zero-order valence-electron chi connectivity index (χ0n) is 6.45. The minimum absolute atomic E-state index is 0.440. The van der Waals surface area contributed by atoms with E-state index in [9.17, 15) is 14.7 Å². The average molecular weight is 175 g/mol. The second kappa shape index (κ2) is 5.42. The van der Waals surface area contributed by atoms with Crippen molar-refractivity contribution < 1.29 is 5.11 Å². The van der Waals surface area contributed by atoms with Crippen LogP contribution in [0.1, 0.15) is 6.92 Å². The molecular weight excluding hydrogens is 166 g/mol. The quantitative estimate of drug-likeness (QED) is 0.589. The largest absolute Gasteiger partial charge is 0.388 e. The van der Waals surface area contributed by atoms with Crippen molar-refractivity contribution in [2.24, 2.45) is 15.5 Å². The zero-order chi connectivity index (χ0) is 9.56. The fourth-order valence-corrected chi connectivity index (χ4v) is 0.664. The third-order valence-electron chi connectivity index (χ3n) is 1.45. The van der Waals surface area contributed by atoms with Gasteiger partial charge in [0.2, 0.25) is 0 Å². The van der Waals surface area contributed by atoms with Gasteiger partial charge in [0.15, 0.2) is 0 Å². The van der Waals surface area contributed by atoms with Gasteiger partial charge in [0, 0.05) is 0 Å². The van der Waals surface area contributed by atoms with Gasteiger partial charge in [0.05, 0.1) is 0 Å². The third kappa shape index (κ3) is 2.79. The molecule has 0 bridgehead atoms. The Hall–Kier alpha value is -1.24. The summed E-state index contributed by atoms with van der Waals surface area (Å²) in [5, 5.41) is 16.5. The molecule has 0 aliphatic carbocycles. The molecule has 0 saturated carbocycles. The summed E-state index contributed by atoms with van der Waals surface area (Å²) in [6.45, 7) is 0.880. The summed E-state index contributed by atoms with van der Waals surface area (Å²) in [4.78, 5) is 29.6. The molecular formula is C5H9N3O4. The topological polar surface area (TPSA) is 109 Å². The van der Waals surface area contributed by atoms with Gasteiger partial charge in [-0.25, -0.2) is 0 Å². The number of nitrogens with zero attached hydrogens (tertiary/aromatic N) is 3. The minimum Gasteiger partial charge on any atom is -0.388 e. The Bertz CT molecular complexity index is 174. The maximum absolute atomic E-state index is 10.0. The van der Waals surface area contributed by atoms with Crippen LogP contribution in [-0.2, 0) is 0 Å². The first-order valence-electron chi connectivity index (χ1n) is 3.29. The Morgan fingerprint density at radius 3 is 2.17 bits per heavy atom. The van der Waals surface area contributed by atoms with E-state index in [0.717, 1.165) is 0 Å². The van der Waals surface area contributed by atoms with Gasteiger partial charge >= 0.3 is 0 Å². The molecule has 7 heteroatoms. The van der Waals surface area contributed by atoms with E-state index in [1.165, 1.54) is 6.92 Å². The fraction of sp³-hybridized carbons (Fsp3) is 1.00. The van der Waals surface area contributed by atoms with Crippen LogP contribution in [0.4, 0.5) is 0 Å². The molecule has 3 unspecified atom stereocenters. The average Bonchev–Trinajstić information content (AvgIpc) is 2.11. The zero-order valence-corrected chi connectivity index (χ0v) is 6.45. The lowest BCUT2D eigenvalue weighted by Gasteiger charge is -2.14. The van der Waals surface area contributed by atoms with Crippen LogP contribution in [0.5, 0.6) is 0 Å². The van der Waals surface area contributed by atoms with Crippen molar-refractivity contribution in [2.45, 2.75) is 25.1 Å². The first-order valence-corrected chi connectivity index (χ1v) is 3.29. The second-order valence-corrected chi connectivity index (χ2v) is 2.32. The van der Waals surface area contributed by atoms with E-state index in [-0.39, 0.29) is 0 Å². The molecule has 0 saturated heterocycles. The van der Waals surface area contributed by atoms with Gasteiger partial charge in [-0.1, -0.05) is 15.5 Å². The summed E-state index contributed by atoms with van der Waals surface area (Å²) in [7, 11) is 0. The highest BCUT2D eigenvalue weighted by atomic mass is 16.3. The minimum atomic E-state index is -1.34. The van der Waals surface area contributed by atoms with Crippen molar-refractivity contribution in [2.75, 3.05) is 6.54 Å². The molecule has 0 heterocycles. The lowest BCUT2D eigenvalue weighted by atomic mass is 10.1. The van der Waals surface area contributed by atoms with Crippen LogP contribution in [-0.4, -0.2) is 29.8 Å². The first-order chi connectivity index (χ1) is 5.67. The van der Waals surface area contributed by atoms with E-state index in [2.05, 4.69) is 15.5 Å². The Morgan fingerprint density at radius 2 is 1.83 bits per heavy atom. The van der Waals surface area contributed by atoms with Crippen LogP contribution in [0.3, 0.4) is 0 Å². The summed E-state index contributed by atoms with van der Waals surface area (Å²) in [6.07, 6.45) is -1.34. The molecule has 0 spiro atoms. The summed E-state index contributed by atoms with van der Waals surface area (Å²) >= 11 is 0. The normalized spacial score (nSPS) is 17.5. The summed E-state index contributed by atoms with van der Waals surface area (Å²) in [6, 6.07) is -2.15. The maximum atomic E-state index is 10.0. The van der Waals surface area contributed by atoms with Crippen LogP contribution in [0.15, 0.2) is 15.5 Å². The smallest absolute Gasteiger partial charge is 0.143 e. The molecule has 1 N–H and O–H groups in total. The molecule has 0 fully saturated rings. The second-order valence-electron chi connectivity index (χ2n) is 2.32. The van der Waals surface area contributed by atoms with Crippen molar-refractivity contribution >= 4 is 0 Å².